The summed E-state index contributed by atoms with van der Waals surface area (Å²) in [7, 11) is 0. The van der Waals surface area contributed by atoms with Crippen LogP contribution >= 0.6 is 0 Å². The van der Waals surface area contributed by atoms with Gasteiger partial charge in [-0.25, -0.2) is 0 Å². The van der Waals surface area contributed by atoms with E-state index in [0.717, 1.165) is 32.7 Å². The van der Waals surface area contributed by atoms with E-state index in [1.807, 2.05) is 0 Å². The van der Waals surface area contributed by atoms with Crippen molar-refractivity contribution in [3.8, 4) is 0 Å². The lowest BCUT2D eigenvalue weighted by Crippen LogP contribution is -2.33. The molecule has 0 amide bonds. The Morgan fingerprint density at radius 3 is 1.83 bits per heavy atom. The Labute approximate surface area is 151 Å². The van der Waals surface area contributed by atoms with Gasteiger partial charge in [0.15, 0.2) is 0 Å². The van der Waals surface area contributed by atoms with Crippen molar-refractivity contribution in [3.05, 3.63) is 12.3 Å². The summed E-state index contributed by atoms with van der Waals surface area (Å²) in [6.45, 7) is 7.89. The molecule has 0 saturated heterocycles. The molecule has 144 valence electrons. The van der Waals surface area contributed by atoms with Gasteiger partial charge < -0.3 is 21.7 Å². The molecule has 0 aliphatic heterocycles. The van der Waals surface area contributed by atoms with Crippen LogP contribution in [-0.2, 0) is 0 Å². The summed E-state index contributed by atoms with van der Waals surface area (Å²) < 4.78 is 0. The van der Waals surface area contributed by atoms with Gasteiger partial charge in [-0.15, -0.1) is 0 Å². The standard InChI is InChI=1S/C20H44N4/c1-2-3-4-5-6-7-8-9-10-11-12-13-15-22-17-19-24-20-18-23-16-14-21/h13,15,22-24H,2-12,14,16-21H2,1H3. The summed E-state index contributed by atoms with van der Waals surface area (Å²) in [5.74, 6) is 0. The molecule has 24 heavy (non-hydrogen) atoms. The molecule has 4 heteroatoms. The molecule has 0 heterocycles. The second-order valence-corrected chi connectivity index (χ2v) is 6.62. The normalized spacial score (nSPS) is 11.4. The Balaban J connectivity index is 3.03. The van der Waals surface area contributed by atoms with Gasteiger partial charge >= 0.3 is 0 Å². The van der Waals surface area contributed by atoms with Crippen LogP contribution < -0.4 is 21.7 Å². The van der Waals surface area contributed by atoms with E-state index in [4.69, 9.17) is 5.73 Å². The first-order valence-electron chi connectivity index (χ1n) is 10.4. The molecule has 0 bridgehead atoms. The molecule has 0 aromatic rings. The molecule has 0 spiro atoms. The highest BCUT2D eigenvalue weighted by atomic mass is 15.0. The maximum atomic E-state index is 5.41. The second kappa shape index (κ2) is 22.4. The number of nitrogens with two attached hydrogens (primary N) is 1. The smallest absolute Gasteiger partial charge is 0.0266 e. The largest absolute Gasteiger partial charge is 0.390 e. The highest BCUT2D eigenvalue weighted by molar-refractivity contribution is 4.79. The molecule has 0 fully saturated rings. The summed E-state index contributed by atoms with van der Waals surface area (Å²) in [4.78, 5) is 0. The Hall–Kier alpha value is -0.580. The first kappa shape index (κ1) is 23.4. The maximum absolute atomic E-state index is 5.41. The molecule has 0 rings (SSSR count). The number of unbranched alkanes of at least 4 members (excludes halogenated alkanes) is 10. The van der Waals surface area contributed by atoms with Crippen molar-refractivity contribution in [2.45, 2.75) is 77.6 Å². The third-order valence-electron chi connectivity index (χ3n) is 4.21. The van der Waals surface area contributed by atoms with E-state index < -0.39 is 0 Å². The summed E-state index contributed by atoms with van der Waals surface area (Å²) in [5, 5.41) is 10.00. The van der Waals surface area contributed by atoms with Gasteiger partial charge in [0, 0.05) is 39.3 Å². The van der Waals surface area contributed by atoms with Crippen LogP contribution in [0.15, 0.2) is 12.3 Å². The van der Waals surface area contributed by atoms with Gasteiger partial charge in [-0.05, 0) is 19.0 Å². The van der Waals surface area contributed by atoms with Crippen molar-refractivity contribution in [2.24, 2.45) is 5.73 Å². The predicted octanol–water partition coefficient (Wildman–Crippen LogP) is 3.54. The maximum Gasteiger partial charge on any atom is 0.0266 e. The zero-order valence-electron chi connectivity index (χ0n) is 16.3. The Bertz CT molecular complexity index is 244. The molecule has 0 aromatic carbocycles. The molecule has 0 radical (unpaired) electrons. The van der Waals surface area contributed by atoms with Crippen LogP contribution in [0.5, 0.6) is 0 Å². The fourth-order valence-corrected chi connectivity index (χ4v) is 2.69. The number of hydrogen-bond acceptors (Lipinski definition) is 4. The average molecular weight is 341 g/mol. The van der Waals surface area contributed by atoms with Gasteiger partial charge in [0.1, 0.15) is 0 Å². The van der Waals surface area contributed by atoms with E-state index in [0.29, 0.717) is 6.54 Å². The Morgan fingerprint density at radius 1 is 0.667 bits per heavy atom. The van der Waals surface area contributed by atoms with Gasteiger partial charge in [-0.1, -0.05) is 70.8 Å². The lowest BCUT2D eigenvalue weighted by atomic mass is 10.1. The molecule has 0 aliphatic rings. The van der Waals surface area contributed by atoms with E-state index in [9.17, 15) is 0 Å². The summed E-state index contributed by atoms with van der Waals surface area (Å²) in [6.07, 6.45) is 19.7. The minimum absolute atomic E-state index is 0.714. The zero-order valence-corrected chi connectivity index (χ0v) is 16.3. The lowest BCUT2D eigenvalue weighted by Gasteiger charge is -2.05. The first-order chi connectivity index (χ1) is 11.9. The molecule has 0 saturated carbocycles. The van der Waals surface area contributed by atoms with Crippen LogP contribution in [0, 0.1) is 0 Å². The van der Waals surface area contributed by atoms with Crippen molar-refractivity contribution in [1.82, 2.24) is 16.0 Å². The molecule has 5 N–H and O–H groups in total. The van der Waals surface area contributed by atoms with Crippen molar-refractivity contribution in [1.29, 1.82) is 0 Å². The highest BCUT2D eigenvalue weighted by Gasteiger charge is 1.92. The van der Waals surface area contributed by atoms with Gasteiger partial charge in [0.05, 0.1) is 0 Å². The summed E-state index contributed by atoms with van der Waals surface area (Å²) in [6, 6.07) is 0. The Morgan fingerprint density at radius 2 is 1.21 bits per heavy atom. The van der Waals surface area contributed by atoms with Gasteiger partial charge in [-0.2, -0.15) is 0 Å². The molecular formula is C20H44N4. The second-order valence-electron chi connectivity index (χ2n) is 6.62. The van der Waals surface area contributed by atoms with E-state index in [1.165, 1.54) is 70.6 Å². The fraction of sp³-hybridized carbons (Fsp3) is 0.900. The van der Waals surface area contributed by atoms with Gasteiger partial charge in [0.2, 0.25) is 0 Å². The lowest BCUT2D eigenvalue weighted by molar-refractivity contribution is 0.557. The molecular weight excluding hydrogens is 296 g/mol. The Kier molecular flexibility index (Phi) is 21.9. The highest BCUT2D eigenvalue weighted by Crippen LogP contribution is 2.11. The number of nitrogens with one attached hydrogen (secondary N) is 3. The monoisotopic (exact) mass is 340 g/mol. The average Bonchev–Trinajstić information content (AvgIpc) is 2.60. The quantitative estimate of drug-likeness (QED) is 0.256. The molecule has 0 aliphatic carbocycles. The molecule has 0 aromatic heterocycles. The van der Waals surface area contributed by atoms with E-state index >= 15 is 0 Å². The zero-order chi connectivity index (χ0) is 17.6. The number of rotatable bonds is 20. The van der Waals surface area contributed by atoms with Crippen molar-refractivity contribution in [2.75, 3.05) is 39.3 Å². The topological polar surface area (TPSA) is 62.1 Å². The van der Waals surface area contributed by atoms with Crippen molar-refractivity contribution in [3.63, 3.8) is 0 Å². The fourth-order valence-electron chi connectivity index (χ4n) is 2.69. The van der Waals surface area contributed by atoms with Crippen LogP contribution in [0.25, 0.3) is 0 Å². The van der Waals surface area contributed by atoms with Crippen LogP contribution in [0.3, 0.4) is 0 Å². The number of allylic oxidation sites excluding steroid dienone is 1. The van der Waals surface area contributed by atoms with Crippen LogP contribution in [0.2, 0.25) is 0 Å². The van der Waals surface area contributed by atoms with Gasteiger partial charge in [-0.3, -0.25) is 0 Å². The van der Waals surface area contributed by atoms with Crippen molar-refractivity contribution >= 4 is 0 Å². The summed E-state index contributed by atoms with van der Waals surface area (Å²) in [5.41, 5.74) is 5.41. The number of hydrogen-bond donors (Lipinski definition) is 4. The SMILES string of the molecule is CCCCCCCCCCCCC=CNCCNCCNCCN. The van der Waals surface area contributed by atoms with Crippen LogP contribution in [-0.4, -0.2) is 39.3 Å². The van der Waals surface area contributed by atoms with Crippen molar-refractivity contribution < 1.29 is 0 Å². The van der Waals surface area contributed by atoms with Crippen LogP contribution in [0.4, 0.5) is 0 Å². The van der Waals surface area contributed by atoms with E-state index in [2.05, 4.69) is 35.2 Å². The third-order valence-corrected chi connectivity index (χ3v) is 4.21. The third kappa shape index (κ3) is 21.4. The minimum Gasteiger partial charge on any atom is -0.390 e. The van der Waals surface area contributed by atoms with E-state index in [1.54, 1.807) is 0 Å². The van der Waals surface area contributed by atoms with Gasteiger partial charge in [0.25, 0.3) is 0 Å². The summed E-state index contributed by atoms with van der Waals surface area (Å²) >= 11 is 0. The predicted molar refractivity (Wildman–Crippen MR) is 108 cm³/mol. The molecule has 4 nitrogen and oxygen atoms in total. The first-order valence-corrected chi connectivity index (χ1v) is 10.4. The molecule has 0 unspecified atom stereocenters. The minimum atomic E-state index is 0.714. The molecule has 0 atom stereocenters. The van der Waals surface area contributed by atoms with E-state index in [-0.39, 0.29) is 0 Å². The van der Waals surface area contributed by atoms with Crippen LogP contribution in [0.1, 0.15) is 77.6 Å².